The van der Waals surface area contributed by atoms with E-state index in [-0.39, 0.29) is 19.0 Å². The second kappa shape index (κ2) is 6.42. The van der Waals surface area contributed by atoms with E-state index in [1.807, 2.05) is 26.0 Å². The molecular weight excluding hydrogens is 371 g/mol. The Balaban J connectivity index is 1.66. The average molecular weight is 392 g/mol. The molecule has 0 saturated carbocycles. The molecule has 0 unspecified atom stereocenters. The van der Waals surface area contributed by atoms with Crippen molar-refractivity contribution >= 4 is 27.7 Å². The van der Waals surface area contributed by atoms with Crippen molar-refractivity contribution < 1.29 is 13.7 Å². The van der Waals surface area contributed by atoms with Crippen molar-refractivity contribution in [3.8, 4) is 11.1 Å². The summed E-state index contributed by atoms with van der Waals surface area (Å²) in [7, 11) is 0. The van der Waals surface area contributed by atoms with Gasteiger partial charge in [0.25, 0.3) is 5.91 Å². The summed E-state index contributed by atoms with van der Waals surface area (Å²) >= 11 is 0. The number of H-pyrrole nitrogens is 1. The highest BCUT2D eigenvalue weighted by Gasteiger charge is 2.31. The van der Waals surface area contributed by atoms with Gasteiger partial charge < -0.3 is 20.1 Å². The molecule has 1 amide bonds. The SMILES string of the molecule is Cc1noc(C)c1-c1cc(CN)c2[nH]c3cc(C(=O)N4CC(F)C4)ccc3c2c1. The first-order valence-electron chi connectivity index (χ1n) is 9.61. The van der Waals surface area contributed by atoms with Crippen LogP contribution in [0.5, 0.6) is 0 Å². The van der Waals surface area contributed by atoms with E-state index in [2.05, 4.69) is 22.3 Å². The van der Waals surface area contributed by atoms with Gasteiger partial charge in [0, 0.05) is 34.0 Å². The van der Waals surface area contributed by atoms with Crippen LogP contribution in [0.25, 0.3) is 32.9 Å². The molecule has 2 aromatic heterocycles. The number of alkyl halides is 1. The average Bonchev–Trinajstić information content (AvgIpc) is 3.23. The van der Waals surface area contributed by atoms with Gasteiger partial charge in [0.1, 0.15) is 11.9 Å². The molecule has 1 aliphatic rings. The monoisotopic (exact) mass is 392 g/mol. The number of aryl methyl sites for hydroxylation is 2. The molecule has 0 aliphatic carbocycles. The van der Waals surface area contributed by atoms with Crippen molar-refractivity contribution in [3.05, 3.63) is 52.9 Å². The quantitative estimate of drug-likeness (QED) is 0.554. The van der Waals surface area contributed by atoms with Crippen molar-refractivity contribution in [2.75, 3.05) is 13.1 Å². The molecule has 3 N–H and O–H groups in total. The number of nitrogens with two attached hydrogens (primary N) is 1. The summed E-state index contributed by atoms with van der Waals surface area (Å²) in [6.45, 7) is 4.52. The number of halogens is 1. The highest BCUT2D eigenvalue weighted by atomic mass is 19.1. The van der Waals surface area contributed by atoms with E-state index >= 15 is 0 Å². The molecule has 5 rings (SSSR count). The number of amides is 1. The van der Waals surface area contributed by atoms with Crippen molar-refractivity contribution in [1.82, 2.24) is 15.0 Å². The number of carbonyl (C=O) groups is 1. The first kappa shape index (κ1) is 17.9. The Morgan fingerprint density at radius 2 is 2.07 bits per heavy atom. The lowest BCUT2D eigenvalue weighted by molar-refractivity contribution is 0.0400. The molecule has 0 bridgehead atoms. The van der Waals surface area contributed by atoms with Crippen LogP contribution < -0.4 is 5.73 Å². The van der Waals surface area contributed by atoms with Crippen molar-refractivity contribution in [2.45, 2.75) is 26.6 Å². The van der Waals surface area contributed by atoms with Gasteiger partial charge in [0.15, 0.2) is 0 Å². The van der Waals surface area contributed by atoms with Crippen LogP contribution in [0.15, 0.2) is 34.9 Å². The number of hydrogen-bond donors (Lipinski definition) is 2. The maximum absolute atomic E-state index is 13.1. The number of aromatic nitrogens is 2. The molecule has 0 spiro atoms. The van der Waals surface area contributed by atoms with Gasteiger partial charge in [-0.15, -0.1) is 0 Å². The third-order valence-corrected chi connectivity index (χ3v) is 5.70. The minimum absolute atomic E-state index is 0.144. The normalized spacial score (nSPS) is 14.7. The number of nitrogens with one attached hydrogen (secondary N) is 1. The summed E-state index contributed by atoms with van der Waals surface area (Å²) in [6.07, 6.45) is -0.911. The molecule has 1 fully saturated rings. The van der Waals surface area contributed by atoms with Crippen LogP contribution in [-0.2, 0) is 6.54 Å². The maximum atomic E-state index is 13.1. The van der Waals surface area contributed by atoms with Crippen LogP contribution in [0.4, 0.5) is 4.39 Å². The van der Waals surface area contributed by atoms with Crippen LogP contribution in [0.3, 0.4) is 0 Å². The molecule has 6 nitrogen and oxygen atoms in total. The third kappa shape index (κ3) is 2.73. The van der Waals surface area contributed by atoms with Crippen LogP contribution in [0.1, 0.15) is 27.4 Å². The predicted molar refractivity (Wildman–Crippen MR) is 109 cm³/mol. The lowest BCUT2D eigenvalue weighted by atomic mass is 9.98. The van der Waals surface area contributed by atoms with Crippen LogP contribution in [-0.4, -0.2) is 40.2 Å². The van der Waals surface area contributed by atoms with E-state index in [1.54, 1.807) is 6.07 Å². The van der Waals surface area contributed by atoms with Gasteiger partial charge in [-0.25, -0.2) is 4.39 Å². The number of aromatic amines is 1. The van der Waals surface area contributed by atoms with Gasteiger partial charge in [0.2, 0.25) is 0 Å². The van der Waals surface area contributed by atoms with Crippen LogP contribution in [0, 0.1) is 13.8 Å². The summed E-state index contributed by atoms with van der Waals surface area (Å²) in [5.74, 6) is 0.619. The smallest absolute Gasteiger partial charge is 0.254 e. The highest BCUT2D eigenvalue weighted by Crippen LogP contribution is 2.35. The van der Waals surface area contributed by atoms with Crippen molar-refractivity contribution in [1.29, 1.82) is 0 Å². The molecular formula is C22H21FN4O2. The summed E-state index contributed by atoms with van der Waals surface area (Å²) in [6, 6.07) is 9.72. The minimum atomic E-state index is -0.911. The molecule has 2 aromatic carbocycles. The second-order valence-corrected chi connectivity index (χ2v) is 7.65. The number of nitrogens with zero attached hydrogens (tertiary/aromatic N) is 2. The van der Waals surface area contributed by atoms with Crippen molar-refractivity contribution in [2.24, 2.45) is 5.73 Å². The molecule has 0 radical (unpaired) electrons. The zero-order chi connectivity index (χ0) is 20.3. The standard InChI is InChI=1S/C22H21FN4O2/c1-11-20(12(2)29-26-11)14-5-15(8-24)21-18(6-14)17-4-3-13(7-19(17)25-21)22(28)27-9-16(23)10-27/h3-7,16,25H,8-10,24H2,1-2H3. The molecule has 148 valence electrons. The minimum Gasteiger partial charge on any atom is -0.361 e. The van der Waals surface area contributed by atoms with Gasteiger partial charge in [-0.2, -0.15) is 0 Å². The van der Waals surface area contributed by atoms with Gasteiger partial charge in [-0.3, -0.25) is 4.79 Å². The van der Waals surface area contributed by atoms with E-state index in [0.29, 0.717) is 12.1 Å². The van der Waals surface area contributed by atoms with Crippen LogP contribution >= 0.6 is 0 Å². The maximum Gasteiger partial charge on any atom is 0.254 e. The number of benzene rings is 2. The fraction of sp³-hybridized carbons (Fsp3) is 0.273. The first-order chi connectivity index (χ1) is 14.0. The van der Waals surface area contributed by atoms with Gasteiger partial charge in [0.05, 0.1) is 24.3 Å². The lowest BCUT2D eigenvalue weighted by Gasteiger charge is -2.34. The van der Waals surface area contributed by atoms with E-state index < -0.39 is 6.17 Å². The molecule has 1 aliphatic heterocycles. The van der Waals surface area contributed by atoms with E-state index in [9.17, 15) is 9.18 Å². The number of rotatable bonds is 3. The lowest BCUT2D eigenvalue weighted by Crippen LogP contribution is -2.51. The topological polar surface area (TPSA) is 88.1 Å². The Kier molecular flexibility index (Phi) is 3.96. The van der Waals surface area contributed by atoms with E-state index in [0.717, 1.165) is 50.0 Å². The Hall–Kier alpha value is -3.19. The summed E-state index contributed by atoms with van der Waals surface area (Å²) in [5.41, 5.74) is 12.2. The van der Waals surface area contributed by atoms with Crippen molar-refractivity contribution in [3.63, 3.8) is 0 Å². The number of carbonyl (C=O) groups excluding carboxylic acids is 1. The Morgan fingerprint density at radius 1 is 1.28 bits per heavy atom. The third-order valence-electron chi connectivity index (χ3n) is 5.70. The number of likely N-dealkylation sites (tertiary alicyclic amines) is 1. The van der Waals surface area contributed by atoms with E-state index in [4.69, 9.17) is 10.3 Å². The second-order valence-electron chi connectivity index (χ2n) is 7.65. The zero-order valence-electron chi connectivity index (χ0n) is 16.3. The molecule has 0 atom stereocenters. The Labute approximate surface area is 166 Å². The largest absolute Gasteiger partial charge is 0.361 e. The first-order valence-corrected chi connectivity index (χ1v) is 9.61. The Bertz CT molecular complexity index is 1250. The van der Waals surface area contributed by atoms with Gasteiger partial charge in [-0.1, -0.05) is 11.2 Å². The van der Waals surface area contributed by atoms with Crippen LogP contribution in [0.2, 0.25) is 0 Å². The zero-order valence-corrected chi connectivity index (χ0v) is 16.3. The molecule has 4 aromatic rings. The Morgan fingerprint density at radius 3 is 2.72 bits per heavy atom. The molecule has 3 heterocycles. The number of fused-ring (bicyclic) bond motifs is 3. The molecule has 1 saturated heterocycles. The fourth-order valence-corrected chi connectivity index (χ4v) is 4.19. The highest BCUT2D eigenvalue weighted by molar-refractivity contribution is 6.11. The summed E-state index contributed by atoms with van der Waals surface area (Å²) in [4.78, 5) is 17.5. The van der Waals surface area contributed by atoms with Gasteiger partial charge in [-0.05, 0) is 49.2 Å². The summed E-state index contributed by atoms with van der Waals surface area (Å²) < 4.78 is 18.4. The fourth-order valence-electron chi connectivity index (χ4n) is 4.19. The summed E-state index contributed by atoms with van der Waals surface area (Å²) in [5, 5.41) is 6.10. The molecule has 7 heteroatoms. The number of hydrogen-bond acceptors (Lipinski definition) is 4. The van der Waals surface area contributed by atoms with E-state index in [1.165, 1.54) is 4.90 Å². The van der Waals surface area contributed by atoms with Gasteiger partial charge >= 0.3 is 0 Å². The predicted octanol–water partition coefficient (Wildman–Crippen LogP) is 3.85. The molecule has 29 heavy (non-hydrogen) atoms.